The van der Waals surface area contributed by atoms with Gasteiger partial charge in [0, 0.05) is 43.2 Å². The predicted molar refractivity (Wildman–Crippen MR) is 199 cm³/mol. The van der Waals surface area contributed by atoms with Gasteiger partial charge >= 0.3 is 0 Å². The molecule has 4 aliphatic rings. The van der Waals surface area contributed by atoms with Gasteiger partial charge in [-0.1, -0.05) is 83.1 Å². The summed E-state index contributed by atoms with van der Waals surface area (Å²) >= 11 is 0. The Hall–Kier alpha value is -2.41. The minimum atomic E-state index is -1.55. The van der Waals surface area contributed by atoms with Crippen LogP contribution in [-0.4, -0.2) is 98.8 Å². The Morgan fingerprint density at radius 2 is 1.73 bits per heavy atom. The van der Waals surface area contributed by atoms with E-state index in [9.17, 15) is 25.2 Å². The predicted octanol–water partition coefficient (Wildman–Crippen LogP) is 4.31. The van der Waals surface area contributed by atoms with Gasteiger partial charge in [0.1, 0.15) is 12.1 Å². The number of amides is 1. The van der Waals surface area contributed by atoms with E-state index >= 15 is 0 Å². The molecule has 284 valence electrons. The Labute approximate surface area is 305 Å². The Bertz CT molecular complexity index is 1440. The number of benzene rings is 2. The van der Waals surface area contributed by atoms with Crippen LogP contribution >= 0.6 is 0 Å². The van der Waals surface area contributed by atoms with E-state index in [-0.39, 0.29) is 24.6 Å². The third-order valence-corrected chi connectivity index (χ3v) is 12.3. The number of nitrogens with one attached hydrogen (secondary N) is 1. The molecule has 0 radical (unpaired) electrons. The van der Waals surface area contributed by atoms with Crippen molar-refractivity contribution in [3.63, 3.8) is 0 Å². The molecule has 1 aliphatic heterocycles. The minimum Gasteiger partial charge on any atom is -0.394 e. The fraction of sp³-hybridized carbons (Fsp3) is 0.683. The number of hydrogen-bond donors (Lipinski definition) is 5. The van der Waals surface area contributed by atoms with Crippen molar-refractivity contribution in [1.29, 1.82) is 0 Å². The van der Waals surface area contributed by atoms with Crippen LogP contribution in [0.5, 0.6) is 0 Å². The lowest BCUT2D eigenvalue weighted by atomic mass is 9.45. The first-order valence-corrected chi connectivity index (χ1v) is 19.0. The zero-order chi connectivity index (χ0) is 37.2. The highest BCUT2D eigenvalue weighted by Gasteiger charge is 2.57. The monoisotopic (exact) mass is 708 g/mol. The lowest BCUT2D eigenvalue weighted by Gasteiger charge is -2.62. The zero-order valence-electron chi connectivity index (χ0n) is 32.1. The molecule has 6 rings (SSSR count). The van der Waals surface area contributed by atoms with Crippen molar-refractivity contribution in [3.05, 3.63) is 70.8 Å². The van der Waals surface area contributed by atoms with Crippen LogP contribution in [0, 0.1) is 35.0 Å². The third kappa shape index (κ3) is 9.04. The SMILES string of the molecule is CC(C)C[C@@H](CN(C)C)N(Cc1cccc(CN2O[C@@H](CO)[C@@H]([C@H](C)O)[C@H]2C(=O)N[C@H]2C[C@H]3C[C@@H]([C@@H]2C)C3(C)C)c1)Cc1ccccc1C(O)O. The van der Waals surface area contributed by atoms with Crippen molar-refractivity contribution in [2.45, 2.75) is 117 Å². The van der Waals surface area contributed by atoms with Crippen molar-refractivity contribution >= 4 is 5.91 Å². The minimum absolute atomic E-state index is 0.0753. The Balaban J connectivity index is 1.38. The van der Waals surface area contributed by atoms with Gasteiger partial charge in [0.15, 0.2) is 6.29 Å². The number of hydrogen-bond acceptors (Lipinski definition) is 9. The number of carbonyl (C=O) groups is 1. The molecule has 3 saturated carbocycles. The van der Waals surface area contributed by atoms with Gasteiger partial charge < -0.3 is 30.6 Å². The van der Waals surface area contributed by atoms with Crippen LogP contribution < -0.4 is 5.32 Å². The number of hydroxylamine groups is 2. The molecule has 0 aromatic heterocycles. The summed E-state index contributed by atoms with van der Waals surface area (Å²) in [6.07, 6.45) is 0.0513. The molecule has 3 aliphatic carbocycles. The third-order valence-electron chi connectivity index (χ3n) is 12.3. The summed E-state index contributed by atoms with van der Waals surface area (Å²) in [6.45, 7) is 15.1. The molecule has 9 atom stereocenters. The lowest BCUT2D eigenvalue weighted by Crippen LogP contribution is -2.62. The van der Waals surface area contributed by atoms with Crippen LogP contribution in [0.2, 0.25) is 0 Å². The van der Waals surface area contributed by atoms with Gasteiger partial charge in [0.05, 0.1) is 19.3 Å². The highest BCUT2D eigenvalue weighted by atomic mass is 16.7. The molecule has 0 unspecified atom stereocenters. The number of fused-ring (bicyclic) bond motifs is 2. The van der Waals surface area contributed by atoms with Gasteiger partial charge in [0.2, 0.25) is 5.91 Å². The van der Waals surface area contributed by atoms with E-state index in [1.165, 1.54) is 6.42 Å². The first-order valence-electron chi connectivity index (χ1n) is 19.0. The van der Waals surface area contributed by atoms with E-state index < -0.39 is 30.5 Å². The van der Waals surface area contributed by atoms with E-state index in [0.29, 0.717) is 54.3 Å². The summed E-state index contributed by atoms with van der Waals surface area (Å²) in [6, 6.07) is 15.3. The lowest BCUT2D eigenvalue weighted by molar-refractivity contribution is -0.183. The molecule has 1 amide bonds. The normalized spacial score (nSPS) is 28.7. The van der Waals surface area contributed by atoms with Crippen LogP contribution in [0.15, 0.2) is 48.5 Å². The summed E-state index contributed by atoms with van der Waals surface area (Å²) < 4.78 is 0. The van der Waals surface area contributed by atoms with Crippen LogP contribution in [0.1, 0.15) is 89.3 Å². The molecule has 0 spiro atoms. The van der Waals surface area contributed by atoms with Crippen LogP contribution in [0.4, 0.5) is 0 Å². The van der Waals surface area contributed by atoms with Crippen molar-refractivity contribution in [2.24, 2.45) is 35.0 Å². The second-order valence-corrected chi connectivity index (χ2v) is 17.1. The first-order chi connectivity index (χ1) is 24.1. The highest BCUT2D eigenvalue weighted by molar-refractivity contribution is 5.82. The summed E-state index contributed by atoms with van der Waals surface area (Å²) in [7, 11) is 4.16. The average Bonchev–Trinajstić information content (AvgIpc) is 3.43. The van der Waals surface area contributed by atoms with E-state index in [0.717, 1.165) is 36.1 Å². The smallest absolute Gasteiger partial charge is 0.240 e. The van der Waals surface area contributed by atoms with Gasteiger partial charge in [-0.05, 0) is 86.1 Å². The molecule has 2 bridgehead atoms. The van der Waals surface area contributed by atoms with E-state index in [2.05, 4.69) is 76.0 Å². The number of rotatable bonds is 16. The average molecular weight is 709 g/mol. The maximum atomic E-state index is 14.2. The number of nitrogens with zero attached hydrogens (tertiary/aromatic N) is 3. The zero-order valence-corrected chi connectivity index (χ0v) is 32.1. The van der Waals surface area contributed by atoms with E-state index in [1.54, 1.807) is 18.1 Å². The molecular weight excluding hydrogens is 644 g/mol. The van der Waals surface area contributed by atoms with Crippen molar-refractivity contribution < 1.29 is 30.1 Å². The maximum absolute atomic E-state index is 14.2. The van der Waals surface area contributed by atoms with Crippen LogP contribution in [-0.2, 0) is 29.3 Å². The number of carbonyl (C=O) groups excluding carboxylic acids is 1. The summed E-state index contributed by atoms with van der Waals surface area (Å²) in [5, 5.41) is 46.5. The molecule has 2 aromatic carbocycles. The highest BCUT2D eigenvalue weighted by Crippen LogP contribution is 2.61. The largest absolute Gasteiger partial charge is 0.394 e. The van der Waals surface area contributed by atoms with E-state index in [1.807, 2.05) is 30.3 Å². The summed E-state index contributed by atoms with van der Waals surface area (Å²) in [4.78, 5) is 25.0. The Morgan fingerprint density at radius 3 is 2.33 bits per heavy atom. The molecule has 10 heteroatoms. The Morgan fingerprint density at radius 1 is 1.02 bits per heavy atom. The molecule has 1 heterocycles. The van der Waals surface area contributed by atoms with Gasteiger partial charge in [0.25, 0.3) is 0 Å². The second-order valence-electron chi connectivity index (χ2n) is 17.1. The van der Waals surface area contributed by atoms with Crippen molar-refractivity contribution in [2.75, 3.05) is 27.2 Å². The molecule has 2 aromatic rings. The summed E-state index contributed by atoms with van der Waals surface area (Å²) in [5.41, 5.74) is 3.74. The fourth-order valence-electron chi connectivity index (χ4n) is 9.49. The molecule has 10 nitrogen and oxygen atoms in total. The summed E-state index contributed by atoms with van der Waals surface area (Å²) in [5.74, 6) is 1.27. The van der Waals surface area contributed by atoms with E-state index in [4.69, 9.17) is 4.84 Å². The van der Waals surface area contributed by atoms with Gasteiger partial charge in [-0.2, -0.15) is 5.06 Å². The Kier molecular flexibility index (Phi) is 13.0. The fourth-order valence-corrected chi connectivity index (χ4v) is 9.49. The number of likely N-dealkylation sites (N-methyl/N-ethyl adjacent to an activating group) is 1. The molecular formula is C41H64N4O6. The number of aliphatic hydroxyl groups excluding tert-OH is 3. The molecule has 5 N–H and O–H groups in total. The second kappa shape index (κ2) is 16.7. The van der Waals surface area contributed by atoms with Gasteiger partial charge in [-0.3, -0.25) is 14.5 Å². The van der Waals surface area contributed by atoms with Crippen LogP contribution in [0.3, 0.4) is 0 Å². The molecule has 4 fully saturated rings. The quantitative estimate of drug-likeness (QED) is 0.162. The van der Waals surface area contributed by atoms with Gasteiger partial charge in [-0.25, -0.2) is 0 Å². The van der Waals surface area contributed by atoms with Crippen LogP contribution in [0.25, 0.3) is 0 Å². The van der Waals surface area contributed by atoms with Gasteiger partial charge in [-0.15, -0.1) is 0 Å². The standard InChI is InChI=1S/C41H64N4O6/c1-25(2)16-32(23-43(7)8)44(22-30-14-9-10-15-33(30)40(49)50)20-28-12-11-13-29(17-28)21-45-38(37(27(4)47)36(24-46)51-45)39(48)42-35-19-31-18-34(26(35)3)41(31,5)6/h9-15,17,25-27,31-32,34-38,40,46-47,49-50H,16,18-24H2,1-8H3,(H,42,48)/t26-,27-,31+,32-,34-,35-,36-,37+,38-/m0/s1. The molecule has 51 heavy (non-hydrogen) atoms. The number of aliphatic hydroxyl groups is 4. The first kappa shape index (κ1) is 39.8. The van der Waals surface area contributed by atoms with Crippen molar-refractivity contribution in [1.82, 2.24) is 20.2 Å². The molecule has 1 saturated heterocycles. The van der Waals surface area contributed by atoms with Crippen molar-refractivity contribution in [3.8, 4) is 0 Å². The maximum Gasteiger partial charge on any atom is 0.240 e. The topological polar surface area (TPSA) is 129 Å².